The molecule has 0 saturated heterocycles. The third-order valence-electron chi connectivity index (χ3n) is 2.05. The Kier molecular flexibility index (Phi) is 3.76. The summed E-state index contributed by atoms with van der Waals surface area (Å²) >= 11 is 0. The summed E-state index contributed by atoms with van der Waals surface area (Å²) < 4.78 is 28.1. The van der Waals surface area contributed by atoms with Crippen LogP contribution in [0.4, 0.5) is 4.79 Å². The van der Waals surface area contributed by atoms with Gasteiger partial charge in [0, 0.05) is 25.9 Å². The lowest BCUT2D eigenvalue weighted by Crippen LogP contribution is -2.32. The van der Waals surface area contributed by atoms with Crippen molar-refractivity contribution in [3.05, 3.63) is 22.2 Å². The Labute approximate surface area is 98.5 Å². The minimum Gasteiger partial charge on any atom is -0.370 e. The maximum atomic E-state index is 11.5. The standard InChI is InChI=1S/C9H14N2O5S/c1-4-17(14,15)6-7-5-8(12)11(16-7)9(13)10(2)3/h5H,4,6H2,1-3H3. The van der Waals surface area contributed by atoms with E-state index < -0.39 is 21.4 Å². The zero-order chi connectivity index (χ0) is 13.2. The van der Waals surface area contributed by atoms with Gasteiger partial charge in [-0.25, -0.2) is 13.2 Å². The number of carbonyl (C=O) groups excluding carboxylic acids is 1. The van der Waals surface area contributed by atoms with Crippen molar-refractivity contribution in [2.75, 3.05) is 19.8 Å². The molecule has 1 amide bonds. The summed E-state index contributed by atoms with van der Waals surface area (Å²) in [6.07, 6.45) is 0. The van der Waals surface area contributed by atoms with Crippen molar-refractivity contribution in [1.82, 2.24) is 9.64 Å². The summed E-state index contributed by atoms with van der Waals surface area (Å²) in [5, 5.41) is 0. The second kappa shape index (κ2) is 4.74. The summed E-state index contributed by atoms with van der Waals surface area (Å²) in [5.74, 6) is -0.470. The van der Waals surface area contributed by atoms with Gasteiger partial charge in [0.2, 0.25) is 0 Å². The van der Waals surface area contributed by atoms with Crippen LogP contribution in [-0.4, -0.2) is 43.9 Å². The molecule has 0 atom stereocenters. The van der Waals surface area contributed by atoms with Crippen molar-refractivity contribution in [3.8, 4) is 0 Å². The quantitative estimate of drug-likeness (QED) is 0.759. The molecule has 7 nitrogen and oxygen atoms in total. The fourth-order valence-corrected chi connectivity index (χ4v) is 1.86. The smallest absolute Gasteiger partial charge is 0.360 e. The monoisotopic (exact) mass is 262 g/mol. The Morgan fingerprint density at radius 1 is 1.47 bits per heavy atom. The van der Waals surface area contributed by atoms with E-state index >= 15 is 0 Å². The summed E-state index contributed by atoms with van der Waals surface area (Å²) in [6, 6.07) is 0.351. The molecule has 0 unspecified atom stereocenters. The molecule has 1 aromatic heterocycles. The molecule has 0 aliphatic carbocycles. The average Bonchev–Trinajstić information content (AvgIpc) is 2.57. The molecule has 1 rings (SSSR count). The number of carbonyl (C=O) groups is 1. The van der Waals surface area contributed by atoms with Crippen LogP contribution in [0.5, 0.6) is 0 Å². The lowest BCUT2D eigenvalue weighted by atomic mass is 10.5. The molecule has 0 N–H and O–H groups in total. The Balaban J connectivity index is 3.06. The van der Waals surface area contributed by atoms with Crippen LogP contribution in [0, 0.1) is 0 Å². The molecular formula is C9H14N2O5S. The van der Waals surface area contributed by atoms with Crippen LogP contribution in [0.1, 0.15) is 12.7 Å². The highest BCUT2D eigenvalue weighted by molar-refractivity contribution is 7.90. The number of sulfone groups is 1. The van der Waals surface area contributed by atoms with E-state index in [1.807, 2.05) is 0 Å². The largest absolute Gasteiger partial charge is 0.370 e. The van der Waals surface area contributed by atoms with Crippen LogP contribution in [0.15, 0.2) is 15.4 Å². The van der Waals surface area contributed by atoms with Gasteiger partial charge in [-0.05, 0) is 0 Å². The summed E-state index contributed by atoms with van der Waals surface area (Å²) in [4.78, 5) is 24.0. The van der Waals surface area contributed by atoms with Crippen LogP contribution in [0.2, 0.25) is 0 Å². The summed E-state index contributed by atoms with van der Waals surface area (Å²) in [5.41, 5.74) is -0.676. The van der Waals surface area contributed by atoms with Crippen molar-refractivity contribution in [3.63, 3.8) is 0 Å². The highest BCUT2D eigenvalue weighted by atomic mass is 32.2. The van der Waals surface area contributed by atoms with Crippen LogP contribution in [-0.2, 0) is 15.6 Å². The summed E-state index contributed by atoms with van der Waals surface area (Å²) in [7, 11) is -0.377. The topological polar surface area (TPSA) is 89.6 Å². The van der Waals surface area contributed by atoms with Crippen molar-refractivity contribution in [2.45, 2.75) is 12.7 Å². The third-order valence-corrected chi connectivity index (χ3v) is 3.66. The Bertz CT molecular complexity index is 566. The zero-order valence-electron chi connectivity index (χ0n) is 9.84. The van der Waals surface area contributed by atoms with Gasteiger partial charge in [0.05, 0.1) is 0 Å². The van der Waals surface area contributed by atoms with Crippen molar-refractivity contribution >= 4 is 15.9 Å². The van der Waals surface area contributed by atoms with Gasteiger partial charge < -0.3 is 9.42 Å². The van der Waals surface area contributed by atoms with E-state index in [-0.39, 0.29) is 17.3 Å². The molecule has 0 aliphatic heterocycles. The first-order valence-corrected chi connectivity index (χ1v) is 6.73. The molecule has 1 aromatic rings. The van der Waals surface area contributed by atoms with Crippen LogP contribution < -0.4 is 5.56 Å². The van der Waals surface area contributed by atoms with Gasteiger partial charge in [0.25, 0.3) is 5.56 Å². The fraction of sp³-hybridized carbons (Fsp3) is 0.556. The lowest BCUT2D eigenvalue weighted by molar-refractivity contribution is 0.181. The van der Waals surface area contributed by atoms with E-state index in [0.717, 1.165) is 11.0 Å². The zero-order valence-corrected chi connectivity index (χ0v) is 10.7. The highest BCUT2D eigenvalue weighted by Gasteiger charge is 2.18. The predicted molar refractivity (Wildman–Crippen MR) is 60.6 cm³/mol. The SMILES string of the molecule is CCS(=O)(=O)Cc1cc(=O)n(C(=O)N(C)C)o1. The summed E-state index contributed by atoms with van der Waals surface area (Å²) in [6.45, 7) is 1.50. The molecule has 17 heavy (non-hydrogen) atoms. The first-order chi connectivity index (χ1) is 7.76. The maximum absolute atomic E-state index is 11.5. The van der Waals surface area contributed by atoms with Gasteiger partial charge in [0.1, 0.15) is 5.75 Å². The van der Waals surface area contributed by atoms with Gasteiger partial charge in [0.15, 0.2) is 15.6 Å². The minimum absolute atomic E-state index is 0.0351. The van der Waals surface area contributed by atoms with Gasteiger partial charge in [-0.3, -0.25) is 4.79 Å². The van der Waals surface area contributed by atoms with Crippen molar-refractivity contribution in [1.29, 1.82) is 0 Å². The molecule has 0 bridgehead atoms. The number of aromatic nitrogens is 1. The average molecular weight is 262 g/mol. The molecule has 0 aliphatic rings. The molecule has 0 saturated carbocycles. The second-order valence-electron chi connectivity index (χ2n) is 3.69. The Hall–Kier alpha value is -1.57. The highest BCUT2D eigenvalue weighted by Crippen LogP contribution is 2.05. The van der Waals surface area contributed by atoms with Gasteiger partial charge in [-0.2, -0.15) is 0 Å². The molecule has 1 heterocycles. The molecule has 8 heteroatoms. The van der Waals surface area contributed by atoms with E-state index in [1.165, 1.54) is 21.0 Å². The minimum atomic E-state index is -3.29. The number of amides is 1. The molecule has 0 fully saturated rings. The number of hydrogen-bond acceptors (Lipinski definition) is 5. The Morgan fingerprint density at radius 3 is 2.53 bits per heavy atom. The van der Waals surface area contributed by atoms with E-state index in [4.69, 9.17) is 4.52 Å². The fourth-order valence-electron chi connectivity index (χ4n) is 1.09. The van der Waals surface area contributed by atoms with E-state index in [2.05, 4.69) is 0 Å². The van der Waals surface area contributed by atoms with Crippen LogP contribution in [0.25, 0.3) is 0 Å². The second-order valence-corrected chi connectivity index (χ2v) is 6.04. The first-order valence-electron chi connectivity index (χ1n) is 4.91. The normalized spacial score (nSPS) is 11.5. The number of hydrogen-bond donors (Lipinski definition) is 0. The van der Waals surface area contributed by atoms with Crippen LogP contribution in [0.3, 0.4) is 0 Å². The predicted octanol–water partition coefficient (Wildman–Crippen LogP) is -0.0943. The van der Waals surface area contributed by atoms with E-state index in [0.29, 0.717) is 4.74 Å². The molecule has 0 spiro atoms. The Morgan fingerprint density at radius 2 is 2.06 bits per heavy atom. The molecule has 96 valence electrons. The maximum Gasteiger partial charge on any atom is 0.360 e. The molecule has 0 aromatic carbocycles. The van der Waals surface area contributed by atoms with E-state index in [9.17, 15) is 18.0 Å². The lowest BCUT2D eigenvalue weighted by Gasteiger charge is -2.07. The first kappa shape index (κ1) is 13.5. The van der Waals surface area contributed by atoms with Crippen LogP contribution >= 0.6 is 0 Å². The molecular weight excluding hydrogens is 248 g/mol. The van der Waals surface area contributed by atoms with Gasteiger partial charge >= 0.3 is 6.03 Å². The van der Waals surface area contributed by atoms with Gasteiger partial charge in [-0.1, -0.05) is 11.7 Å². The number of rotatable bonds is 3. The van der Waals surface area contributed by atoms with Crippen molar-refractivity contribution in [2.24, 2.45) is 0 Å². The third kappa shape index (κ3) is 3.19. The molecule has 0 radical (unpaired) electrons. The number of nitrogens with zero attached hydrogens (tertiary/aromatic N) is 2. The van der Waals surface area contributed by atoms with Gasteiger partial charge in [-0.15, -0.1) is 0 Å². The van der Waals surface area contributed by atoms with E-state index in [1.54, 1.807) is 0 Å². The van der Waals surface area contributed by atoms with Crippen molar-refractivity contribution < 1.29 is 17.7 Å².